The van der Waals surface area contributed by atoms with Crippen molar-refractivity contribution in [2.45, 2.75) is 132 Å². The summed E-state index contributed by atoms with van der Waals surface area (Å²) in [6.45, 7) is 2.08. The Balaban J connectivity index is 1.30. The van der Waals surface area contributed by atoms with Gasteiger partial charge in [-0.2, -0.15) is 0 Å². The molecule has 23 N–H and O–H groups in total. The number of phenols is 1. The van der Waals surface area contributed by atoms with Crippen molar-refractivity contribution in [2.75, 3.05) is 26.7 Å². The van der Waals surface area contributed by atoms with Gasteiger partial charge in [0.1, 0.15) is 54.1 Å². The van der Waals surface area contributed by atoms with E-state index in [2.05, 4.69) is 63.1 Å². The van der Waals surface area contributed by atoms with Crippen molar-refractivity contribution in [3.8, 4) is 5.75 Å². The van der Waals surface area contributed by atoms with Gasteiger partial charge in [-0.05, 0) is 78.5 Å². The molecule has 516 valence electrons. The number of aromatic amines is 1. The second-order valence-corrected chi connectivity index (χ2v) is 23.3. The van der Waals surface area contributed by atoms with E-state index in [1.54, 1.807) is 105 Å². The number of amides is 12. The average Bonchev–Trinajstić information content (AvgIpc) is 1.62. The second-order valence-electron chi connectivity index (χ2n) is 23.3. The maximum Gasteiger partial charge on any atom is 0.245 e. The largest absolute Gasteiger partial charge is 0.508 e. The Bertz CT molecular complexity index is 3520. The van der Waals surface area contributed by atoms with Crippen molar-refractivity contribution in [1.82, 2.24) is 58.2 Å². The van der Waals surface area contributed by atoms with Gasteiger partial charge in [-0.1, -0.05) is 105 Å². The van der Waals surface area contributed by atoms with Crippen LogP contribution in [-0.4, -0.2) is 173 Å². The molecule has 0 radical (unpaired) electrons. The van der Waals surface area contributed by atoms with Crippen molar-refractivity contribution in [2.24, 2.45) is 39.6 Å². The van der Waals surface area contributed by atoms with Crippen LogP contribution in [0.1, 0.15) is 74.6 Å². The number of rotatable bonds is 39. The predicted octanol–water partition coefficient (Wildman–Crippen LogP) is -3.56. The van der Waals surface area contributed by atoms with Crippen LogP contribution < -0.4 is 81.8 Å². The number of benzene rings is 4. The number of hydrogen-bond acceptors (Lipinski definition) is 16. The quantitative estimate of drug-likeness (QED) is 0.0103. The van der Waals surface area contributed by atoms with E-state index in [0.717, 1.165) is 0 Å². The number of para-hydroxylation sites is 1. The highest BCUT2D eigenvalue weighted by Crippen LogP contribution is 2.20. The van der Waals surface area contributed by atoms with E-state index < -0.39 is 151 Å². The molecule has 0 aliphatic carbocycles. The van der Waals surface area contributed by atoms with Crippen LogP contribution in [0.4, 0.5) is 0 Å². The lowest BCUT2D eigenvalue weighted by atomic mass is 10.0. The van der Waals surface area contributed by atoms with Crippen molar-refractivity contribution in [3.05, 3.63) is 138 Å². The Morgan fingerprint density at radius 3 is 1.52 bits per heavy atom. The lowest BCUT2D eigenvalue weighted by Crippen LogP contribution is -2.61. The number of aliphatic hydroxyl groups excluding tert-OH is 1. The monoisotopic (exact) mass is 1330 g/mol. The van der Waals surface area contributed by atoms with Gasteiger partial charge in [0.05, 0.1) is 32.0 Å². The van der Waals surface area contributed by atoms with E-state index in [0.29, 0.717) is 52.5 Å². The van der Waals surface area contributed by atoms with Gasteiger partial charge >= 0.3 is 0 Å². The van der Waals surface area contributed by atoms with E-state index in [9.17, 15) is 67.7 Å². The highest BCUT2D eigenvalue weighted by Gasteiger charge is 2.36. The minimum atomic E-state index is -1.90. The summed E-state index contributed by atoms with van der Waals surface area (Å²) in [7, 11) is 1.51. The number of unbranched alkanes of at least 4 members (excludes halogenated alkanes) is 1. The molecule has 5 rings (SSSR count). The Hall–Kier alpha value is -11.0. The van der Waals surface area contributed by atoms with E-state index in [4.69, 9.17) is 28.7 Å². The number of carbonyl (C=O) groups is 12. The predicted molar refractivity (Wildman–Crippen MR) is 353 cm³/mol. The number of fused-ring (bicyclic) bond motifs is 1. The number of aromatic hydroxyl groups is 1. The number of hydrogen-bond donors (Lipinski definition) is 18. The zero-order chi connectivity index (χ0) is 70.4. The lowest BCUT2D eigenvalue weighted by molar-refractivity contribution is -0.136. The van der Waals surface area contributed by atoms with Gasteiger partial charge in [0.15, 0.2) is 5.96 Å². The number of primary amides is 3. The first-order valence-corrected chi connectivity index (χ1v) is 31.0. The summed E-state index contributed by atoms with van der Waals surface area (Å²) in [5.41, 5.74) is 31.5. The molecule has 0 spiro atoms. The molecule has 0 saturated heterocycles. The number of nitrogens with zero attached hydrogens (tertiary/aromatic N) is 1. The molecule has 0 saturated carbocycles. The molecule has 0 aliphatic heterocycles. The summed E-state index contributed by atoms with van der Waals surface area (Å²) in [6.07, 6.45) is 0.378. The number of guanidine groups is 1. The SMILES string of the molecule is CN=C(N)NCCCC[C@H](NC(=O)[C@H](CC(C)C)NC(=O)CNC(=O)[C@H](Cc1ccccc1)NC(=O)[C@H](CO)NC(=O)[C@H](CC(N)=O)NC(=O)[C@H](Cc1c[nH]c2ccccc12)NC(=O)[C@H](CC(N)=O)NC(=O)[C@@H](N)Cc1ccc(O)cc1)C(=O)N[C@@H](Cc1ccccc1)C(N)=O. The van der Waals surface area contributed by atoms with E-state index in [1.165, 1.54) is 31.3 Å². The van der Waals surface area contributed by atoms with E-state index >= 15 is 0 Å². The van der Waals surface area contributed by atoms with Crippen LogP contribution >= 0.6 is 0 Å². The van der Waals surface area contributed by atoms with Crippen LogP contribution in [-0.2, 0) is 83.2 Å². The van der Waals surface area contributed by atoms with Gasteiger partial charge in [0, 0.05) is 50.0 Å². The summed E-state index contributed by atoms with van der Waals surface area (Å²) >= 11 is 0. The zero-order valence-corrected chi connectivity index (χ0v) is 53.6. The standard InChI is InChI=1S/C65H87N17O14/c1-36(2)26-47(60(92)76-45(20-12-13-25-72-65(70)71-3)59(91)77-46(56(69)88)28-37-14-6-4-7-15-37)75-55(87)34-74-58(90)48(29-38-16-8-5-9-17-38)79-64(96)52(35-83)82-63(95)51(32-54(68)86)81-61(93)49(30-40-33-73-44-19-11-10-18-42(40)44)80-62(94)50(31-53(67)85)78-57(89)43(66)27-39-21-23-41(84)24-22-39/h4-11,14-19,21-24,33,36,43,45-52,73,83-84H,12-13,20,25-32,34-35,66H2,1-3H3,(H2,67,85)(H2,68,86)(H2,69,88)(H,74,90)(H,75,87)(H,76,92)(H,77,91)(H,78,89)(H,79,96)(H,80,94)(H,81,93)(H,82,95)(H3,70,71,72)/t43-,45-,46-,47-,48-,49-,50-,51-,52-/m0/s1. The Labute approximate surface area is 553 Å². The fourth-order valence-electron chi connectivity index (χ4n) is 10.0. The molecule has 12 amide bonds. The highest BCUT2D eigenvalue weighted by molar-refractivity contribution is 6.00. The molecule has 0 fully saturated rings. The van der Waals surface area contributed by atoms with E-state index in [-0.39, 0.29) is 56.2 Å². The number of H-pyrrole nitrogens is 1. The van der Waals surface area contributed by atoms with Crippen LogP contribution in [0.3, 0.4) is 0 Å². The summed E-state index contributed by atoms with van der Waals surface area (Å²) < 4.78 is 0. The van der Waals surface area contributed by atoms with Gasteiger partial charge < -0.3 is 97.0 Å². The minimum absolute atomic E-state index is 0.0338. The summed E-state index contributed by atoms with van der Waals surface area (Å²) in [5, 5.41) is 46.2. The number of phenolic OH excluding ortho intramolecular Hbond substituents is 1. The molecule has 0 aliphatic rings. The van der Waals surface area contributed by atoms with Gasteiger partial charge in [-0.15, -0.1) is 0 Å². The number of aliphatic hydroxyl groups is 1. The molecule has 1 heterocycles. The molecular weight excluding hydrogens is 1240 g/mol. The first-order chi connectivity index (χ1) is 45.7. The van der Waals surface area contributed by atoms with Crippen LogP contribution in [0.15, 0.2) is 120 Å². The van der Waals surface area contributed by atoms with Crippen LogP contribution in [0, 0.1) is 5.92 Å². The third kappa shape index (κ3) is 25.5. The molecule has 9 atom stereocenters. The van der Waals surface area contributed by atoms with E-state index in [1.807, 2.05) is 0 Å². The van der Waals surface area contributed by atoms with Crippen molar-refractivity contribution >= 4 is 87.7 Å². The minimum Gasteiger partial charge on any atom is -0.508 e. The van der Waals surface area contributed by atoms with Gasteiger partial charge in [0.25, 0.3) is 0 Å². The van der Waals surface area contributed by atoms with Crippen molar-refractivity contribution in [3.63, 3.8) is 0 Å². The first kappa shape index (κ1) is 75.8. The third-order valence-corrected chi connectivity index (χ3v) is 15.1. The zero-order valence-electron chi connectivity index (χ0n) is 53.6. The number of nitrogens with one attached hydrogen (secondary N) is 11. The Kier molecular flexibility index (Phi) is 30.2. The highest BCUT2D eigenvalue weighted by atomic mass is 16.3. The molecule has 31 heteroatoms. The van der Waals surface area contributed by atoms with Gasteiger partial charge in [-0.25, -0.2) is 0 Å². The second kappa shape index (κ2) is 38.3. The topological polar surface area (TPSA) is 524 Å². The molecule has 5 aromatic rings. The molecular formula is C65H87N17O14. The summed E-state index contributed by atoms with van der Waals surface area (Å²) in [6, 6.07) is 16.2. The van der Waals surface area contributed by atoms with Gasteiger partial charge in [0.2, 0.25) is 70.9 Å². The smallest absolute Gasteiger partial charge is 0.245 e. The fraction of sp³-hybridized carbons (Fsp3) is 0.400. The fourth-order valence-corrected chi connectivity index (χ4v) is 10.0. The number of carbonyl (C=O) groups excluding carboxylic acids is 12. The molecule has 1 aromatic heterocycles. The van der Waals surface area contributed by atoms with Crippen LogP contribution in [0.25, 0.3) is 10.9 Å². The van der Waals surface area contributed by atoms with Crippen molar-refractivity contribution < 1.29 is 67.7 Å². The average molecular weight is 1330 g/mol. The lowest BCUT2D eigenvalue weighted by Gasteiger charge is -2.27. The number of aromatic nitrogens is 1. The molecule has 0 unspecified atom stereocenters. The number of nitrogens with two attached hydrogens (primary N) is 5. The Morgan fingerprint density at radius 2 is 0.958 bits per heavy atom. The summed E-state index contributed by atoms with van der Waals surface area (Å²) in [5.74, 6) is -11.8. The maximum absolute atomic E-state index is 14.5. The maximum atomic E-state index is 14.5. The number of aliphatic imine (C=N–C) groups is 1. The summed E-state index contributed by atoms with van der Waals surface area (Å²) in [4.78, 5) is 170. The molecule has 31 nitrogen and oxygen atoms in total. The molecule has 96 heavy (non-hydrogen) atoms. The first-order valence-electron chi connectivity index (χ1n) is 31.0. The molecule has 4 aromatic carbocycles. The third-order valence-electron chi connectivity index (χ3n) is 15.1. The molecule has 0 bridgehead atoms. The van der Waals surface area contributed by atoms with Crippen molar-refractivity contribution in [1.29, 1.82) is 0 Å². The van der Waals surface area contributed by atoms with Crippen LogP contribution in [0.5, 0.6) is 5.75 Å². The van der Waals surface area contributed by atoms with Gasteiger partial charge in [-0.3, -0.25) is 62.5 Å². The normalized spacial score (nSPS) is 14.1. The van der Waals surface area contributed by atoms with Crippen LogP contribution in [0.2, 0.25) is 0 Å². The Morgan fingerprint density at radius 1 is 0.490 bits per heavy atom.